The molecule has 0 spiro atoms. The molecule has 0 saturated carbocycles. The van der Waals surface area contributed by atoms with Gasteiger partial charge in [-0.25, -0.2) is 0 Å². The maximum absolute atomic E-state index is 5.83. The zero-order chi connectivity index (χ0) is 13.1. The van der Waals surface area contributed by atoms with Crippen molar-refractivity contribution in [3.8, 4) is 0 Å². The molecule has 1 atom stereocenters. The number of thiocarbonyl (C=S) groups is 1. The van der Waals surface area contributed by atoms with Crippen LogP contribution >= 0.6 is 12.2 Å². The highest BCUT2D eigenvalue weighted by Gasteiger charge is 2.25. The minimum Gasteiger partial charge on any atom is -0.392 e. The van der Waals surface area contributed by atoms with E-state index >= 15 is 0 Å². The van der Waals surface area contributed by atoms with Crippen LogP contribution in [0.4, 0.5) is 0 Å². The van der Waals surface area contributed by atoms with Crippen molar-refractivity contribution in [2.24, 2.45) is 5.73 Å². The summed E-state index contributed by atoms with van der Waals surface area (Å²) < 4.78 is 2.00. The summed E-state index contributed by atoms with van der Waals surface area (Å²) in [6, 6.07) is 2.75. The first kappa shape index (κ1) is 13.5. The van der Waals surface area contributed by atoms with E-state index in [4.69, 9.17) is 18.0 Å². The molecule has 1 aliphatic heterocycles. The molecule has 4 nitrogen and oxygen atoms in total. The van der Waals surface area contributed by atoms with E-state index in [-0.39, 0.29) is 6.04 Å². The Bertz CT molecular complexity index is 413. The quantitative estimate of drug-likeness (QED) is 0.848. The summed E-state index contributed by atoms with van der Waals surface area (Å²) in [6.45, 7) is 6.18. The Hall–Kier alpha value is -0.940. The van der Waals surface area contributed by atoms with Crippen LogP contribution < -0.4 is 5.73 Å². The SMILES string of the molecule is CC(C)n1ccc(CN2CCCCC2C(N)=S)n1. The van der Waals surface area contributed by atoms with E-state index in [1.54, 1.807) is 0 Å². The van der Waals surface area contributed by atoms with Crippen LogP contribution in [0, 0.1) is 0 Å². The summed E-state index contributed by atoms with van der Waals surface area (Å²) in [6.07, 6.45) is 5.57. The lowest BCUT2D eigenvalue weighted by atomic mass is 10.0. The molecule has 1 aromatic rings. The fourth-order valence-electron chi connectivity index (χ4n) is 2.46. The molecule has 1 saturated heterocycles. The minimum absolute atomic E-state index is 0.248. The zero-order valence-corrected chi connectivity index (χ0v) is 12.0. The van der Waals surface area contributed by atoms with E-state index in [0.29, 0.717) is 11.0 Å². The van der Waals surface area contributed by atoms with Crippen molar-refractivity contribution in [3.05, 3.63) is 18.0 Å². The molecule has 2 N–H and O–H groups in total. The number of hydrogen-bond acceptors (Lipinski definition) is 3. The van der Waals surface area contributed by atoms with Crippen molar-refractivity contribution in [1.82, 2.24) is 14.7 Å². The van der Waals surface area contributed by atoms with Crippen molar-refractivity contribution in [1.29, 1.82) is 0 Å². The van der Waals surface area contributed by atoms with Gasteiger partial charge >= 0.3 is 0 Å². The third kappa shape index (κ3) is 3.09. The van der Waals surface area contributed by atoms with E-state index in [9.17, 15) is 0 Å². The Morgan fingerprint density at radius 2 is 2.33 bits per heavy atom. The number of piperidine rings is 1. The summed E-state index contributed by atoms with van der Waals surface area (Å²) in [5.74, 6) is 0. The molecular formula is C13H22N4S. The average molecular weight is 266 g/mol. The van der Waals surface area contributed by atoms with E-state index in [1.807, 2.05) is 10.9 Å². The van der Waals surface area contributed by atoms with Crippen LogP contribution in [0.2, 0.25) is 0 Å². The third-order valence-corrected chi connectivity index (χ3v) is 3.77. The topological polar surface area (TPSA) is 47.1 Å². The summed E-state index contributed by atoms with van der Waals surface area (Å²) in [4.78, 5) is 2.98. The molecule has 0 aliphatic carbocycles. The Morgan fingerprint density at radius 3 is 2.94 bits per heavy atom. The molecule has 2 heterocycles. The first-order valence-electron chi connectivity index (χ1n) is 6.65. The molecule has 1 fully saturated rings. The van der Waals surface area contributed by atoms with Crippen LogP contribution in [0.25, 0.3) is 0 Å². The van der Waals surface area contributed by atoms with Crippen LogP contribution in [-0.4, -0.2) is 32.3 Å². The lowest BCUT2D eigenvalue weighted by Gasteiger charge is -2.34. The normalized spacial score (nSPS) is 21.4. The third-order valence-electron chi connectivity index (χ3n) is 3.50. The fraction of sp³-hybridized carbons (Fsp3) is 0.692. The predicted octanol–water partition coefficient (Wildman–Crippen LogP) is 2.10. The molecule has 0 amide bonds. The van der Waals surface area contributed by atoms with Crippen molar-refractivity contribution in [2.75, 3.05) is 6.54 Å². The van der Waals surface area contributed by atoms with Crippen molar-refractivity contribution in [3.63, 3.8) is 0 Å². The first-order valence-corrected chi connectivity index (χ1v) is 7.06. The molecule has 0 aromatic carbocycles. The number of rotatable bonds is 4. The lowest BCUT2D eigenvalue weighted by Crippen LogP contribution is -2.46. The number of aromatic nitrogens is 2. The highest BCUT2D eigenvalue weighted by molar-refractivity contribution is 7.80. The second kappa shape index (κ2) is 5.80. The lowest BCUT2D eigenvalue weighted by molar-refractivity contribution is 0.182. The molecule has 18 heavy (non-hydrogen) atoms. The molecule has 1 unspecified atom stereocenters. The van der Waals surface area contributed by atoms with Gasteiger partial charge in [-0.1, -0.05) is 18.6 Å². The van der Waals surface area contributed by atoms with Gasteiger partial charge in [-0.15, -0.1) is 0 Å². The number of nitrogens with zero attached hydrogens (tertiary/aromatic N) is 3. The molecule has 1 aliphatic rings. The molecule has 100 valence electrons. The maximum Gasteiger partial charge on any atom is 0.0902 e. The van der Waals surface area contributed by atoms with Gasteiger partial charge in [0, 0.05) is 18.8 Å². The predicted molar refractivity (Wildman–Crippen MR) is 77.4 cm³/mol. The van der Waals surface area contributed by atoms with Gasteiger partial charge in [0.2, 0.25) is 0 Å². The van der Waals surface area contributed by atoms with Gasteiger partial charge in [0.15, 0.2) is 0 Å². The van der Waals surface area contributed by atoms with Gasteiger partial charge in [0.05, 0.1) is 16.7 Å². The second-order valence-corrected chi connectivity index (χ2v) is 5.74. The van der Waals surface area contributed by atoms with Crippen LogP contribution in [0.1, 0.15) is 44.8 Å². The van der Waals surface area contributed by atoms with Crippen molar-refractivity contribution >= 4 is 17.2 Å². The van der Waals surface area contributed by atoms with Gasteiger partial charge in [0.1, 0.15) is 0 Å². The number of nitrogens with two attached hydrogens (primary N) is 1. The smallest absolute Gasteiger partial charge is 0.0902 e. The summed E-state index contributed by atoms with van der Waals surface area (Å²) in [7, 11) is 0. The molecule has 5 heteroatoms. The number of hydrogen-bond donors (Lipinski definition) is 1. The Morgan fingerprint density at radius 1 is 1.56 bits per heavy atom. The van der Waals surface area contributed by atoms with Gasteiger partial charge in [-0.2, -0.15) is 5.10 Å². The Labute approximate surface area is 114 Å². The van der Waals surface area contributed by atoms with Gasteiger partial charge < -0.3 is 5.73 Å². The van der Waals surface area contributed by atoms with Gasteiger partial charge in [-0.05, 0) is 39.3 Å². The molecule has 0 bridgehead atoms. The summed E-state index contributed by atoms with van der Waals surface area (Å²) >= 11 is 5.17. The Balaban J connectivity index is 2.03. The summed E-state index contributed by atoms with van der Waals surface area (Å²) in [5.41, 5.74) is 6.93. The highest BCUT2D eigenvalue weighted by atomic mass is 32.1. The van der Waals surface area contributed by atoms with E-state index in [1.165, 1.54) is 12.8 Å². The van der Waals surface area contributed by atoms with Crippen molar-refractivity contribution < 1.29 is 0 Å². The van der Waals surface area contributed by atoms with Crippen LogP contribution in [0.5, 0.6) is 0 Å². The zero-order valence-electron chi connectivity index (χ0n) is 11.2. The van der Waals surface area contributed by atoms with Gasteiger partial charge in [-0.3, -0.25) is 9.58 Å². The van der Waals surface area contributed by atoms with Crippen molar-refractivity contribution in [2.45, 2.75) is 51.7 Å². The first-order chi connectivity index (χ1) is 8.58. The molecular weight excluding hydrogens is 244 g/mol. The highest BCUT2D eigenvalue weighted by Crippen LogP contribution is 2.19. The van der Waals surface area contributed by atoms with E-state index < -0.39 is 0 Å². The molecule has 0 radical (unpaired) electrons. The molecule has 1 aromatic heterocycles. The fourth-order valence-corrected chi connectivity index (χ4v) is 2.73. The van der Waals surface area contributed by atoms with Crippen LogP contribution in [0.3, 0.4) is 0 Å². The van der Waals surface area contributed by atoms with Crippen LogP contribution in [-0.2, 0) is 6.54 Å². The average Bonchev–Trinajstić information content (AvgIpc) is 2.78. The largest absolute Gasteiger partial charge is 0.392 e. The standard InChI is InChI=1S/C13H22N4S/c1-10(2)17-8-6-11(15-17)9-16-7-4-3-5-12(16)13(14)18/h6,8,10,12H,3-5,7,9H2,1-2H3,(H2,14,18). The van der Waals surface area contributed by atoms with Crippen LogP contribution in [0.15, 0.2) is 12.3 Å². The molecule has 2 rings (SSSR count). The van der Waals surface area contributed by atoms with Gasteiger partial charge in [0.25, 0.3) is 0 Å². The maximum atomic E-state index is 5.83. The Kier molecular flexibility index (Phi) is 4.35. The minimum atomic E-state index is 0.248. The van der Waals surface area contributed by atoms with E-state index in [0.717, 1.165) is 25.2 Å². The number of likely N-dealkylation sites (tertiary alicyclic amines) is 1. The monoisotopic (exact) mass is 266 g/mol. The second-order valence-electron chi connectivity index (χ2n) is 5.27. The van der Waals surface area contributed by atoms with E-state index in [2.05, 4.69) is 29.9 Å². The summed E-state index contributed by atoms with van der Waals surface area (Å²) in [5, 5.41) is 4.59.